The number of likely N-dealkylation sites (tertiary alicyclic amines) is 1. The van der Waals surface area contributed by atoms with E-state index in [0.717, 1.165) is 12.4 Å². The summed E-state index contributed by atoms with van der Waals surface area (Å²) in [6, 6.07) is -0.166. The van der Waals surface area contributed by atoms with E-state index in [9.17, 15) is 31.1 Å². The molecule has 14 heteroatoms. The summed E-state index contributed by atoms with van der Waals surface area (Å²) in [5, 5.41) is 3.43. The van der Waals surface area contributed by atoms with Crippen molar-refractivity contribution in [2.45, 2.75) is 81.1 Å². The van der Waals surface area contributed by atoms with Crippen LogP contribution < -0.4 is 10.2 Å². The van der Waals surface area contributed by atoms with Gasteiger partial charge in [0, 0.05) is 45.0 Å². The maximum Gasteiger partial charge on any atom is 0.433 e. The van der Waals surface area contributed by atoms with Gasteiger partial charge in [-0.1, -0.05) is 0 Å². The Morgan fingerprint density at radius 3 is 2.63 bits per heavy atom. The van der Waals surface area contributed by atoms with Gasteiger partial charge in [0.15, 0.2) is 0 Å². The lowest BCUT2D eigenvalue weighted by Gasteiger charge is -2.40. The summed E-state index contributed by atoms with van der Waals surface area (Å²) in [5.74, 6) is -0.411. The van der Waals surface area contributed by atoms with Crippen LogP contribution in [0.5, 0.6) is 0 Å². The Balaban J connectivity index is 1.29. The van der Waals surface area contributed by atoms with Crippen molar-refractivity contribution in [1.82, 2.24) is 20.2 Å². The average Bonchev–Trinajstić information content (AvgIpc) is 3.58. The standard InChI is InChI=1S/C24H31F6N5O3/c1-37-18-11-38-5-3-17(18)33-14-2-4-22(8-14,12-23(25,26)27)21(36)35-10-15-6-16(35)9-34(15)20-7-19(24(28,29)30)31-13-32-20/h7,13-18,33H,2-6,8-12H2,1H3/t14-,15+,16+,17+,18-,22+/m1/s1. The predicted octanol–water partition coefficient (Wildman–Crippen LogP) is 3.17. The molecular weight excluding hydrogens is 520 g/mol. The molecule has 0 unspecified atom stereocenters. The maximum atomic E-state index is 13.8. The van der Waals surface area contributed by atoms with Crippen LogP contribution in [0.3, 0.4) is 0 Å². The van der Waals surface area contributed by atoms with Crippen molar-refractivity contribution in [3.05, 3.63) is 18.1 Å². The second kappa shape index (κ2) is 10.1. The van der Waals surface area contributed by atoms with Gasteiger partial charge in [0.25, 0.3) is 0 Å². The Morgan fingerprint density at radius 2 is 1.97 bits per heavy atom. The Hall–Kier alpha value is -2.19. The lowest BCUT2D eigenvalue weighted by atomic mass is 9.80. The van der Waals surface area contributed by atoms with Gasteiger partial charge in [-0.3, -0.25) is 4.79 Å². The summed E-state index contributed by atoms with van der Waals surface area (Å²) < 4.78 is 91.5. The number of hydrogen-bond donors (Lipinski definition) is 1. The van der Waals surface area contributed by atoms with Crippen molar-refractivity contribution in [2.75, 3.05) is 38.3 Å². The molecule has 212 valence electrons. The number of nitrogens with one attached hydrogen (secondary N) is 1. The van der Waals surface area contributed by atoms with Gasteiger partial charge in [0.05, 0.1) is 36.6 Å². The molecule has 3 aliphatic heterocycles. The van der Waals surface area contributed by atoms with E-state index >= 15 is 0 Å². The van der Waals surface area contributed by atoms with Crippen LogP contribution in [-0.4, -0.2) is 90.6 Å². The number of carbonyl (C=O) groups is 1. The molecule has 4 fully saturated rings. The van der Waals surface area contributed by atoms with Gasteiger partial charge in [-0.15, -0.1) is 0 Å². The number of aromatic nitrogens is 2. The molecule has 1 N–H and O–H groups in total. The van der Waals surface area contributed by atoms with Gasteiger partial charge >= 0.3 is 12.4 Å². The van der Waals surface area contributed by atoms with Gasteiger partial charge in [-0.2, -0.15) is 26.3 Å². The number of rotatable bonds is 6. The van der Waals surface area contributed by atoms with Crippen molar-refractivity contribution in [3.63, 3.8) is 0 Å². The summed E-state index contributed by atoms with van der Waals surface area (Å²) in [7, 11) is 1.57. The molecule has 38 heavy (non-hydrogen) atoms. The van der Waals surface area contributed by atoms with Crippen LogP contribution in [-0.2, 0) is 20.4 Å². The van der Waals surface area contributed by atoms with Crippen molar-refractivity contribution in [3.8, 4) is 0 Å². The molecule has 0 aromatic carbocycles. The van der Waals surface area contributed by atoms with Crippen molar-refractivity contribution in [1.29, 1.82) is 0 Å². The summed E-state index contributed by atoms with van der Waals surface area (Å²) >= 11 is 0. The van der Waals surface area contributed by atoms with Gasteiger partial charge in [0.1, 0.15) is 17.8 Å². The number of alkyl halides is 6. The zero-order valence-corrected chi connectivity index (χ0v) is 20.9. The van der Waals surface area contributed by atoms with Gasteiger partial charge in [-0.05, 0) is 32.1 Å². The van der Waals surface area contributed by atoms with Crippen LogP contribution in [0, 0.1) is 5.41 Å². The molecule has 1 aromatic rings. The molecule has 0 spiro atoms. The number of piperazine rings is 1. The Bertz CT molecular complexity index is 1030. The van der Waals surface area contributed by atoms with E-state index in [1.807, 2.05) is 0 Å². The molecule has 6 atom stereocenters. The molecule has 1 saturated carbocycles. The van der Waals surface area contributed by atoms with Crippen LogP contribution in [0.1, 0.15) is 44.2 Å². The van der Waals surface area contributed by atoms with E-state index in [1.54, 1.807) is 12.0 Å². The minimum Gasteiger partial charge on any atom is -0.379 e. The fourth-order valence-electron chi connectivity index (χ4n) is 6.68. The van der Waals surface area contributed by atoms with Crippen molar-refractivity contribution in [2.24, 2.45) is 5.41 Å². The molecule has 4 aliphatic rings. The molecule has 0 radical (unpaired) electrons. The Morgan fingerprint density at radius 1 is 1.18 bits per heavy atom. The molecule has 3 saturated heterocycles. The highest BCUT2D eigenvalue weighted by molar-refractivity contribution is 5.84. The third-order valence-corrected chi connectivity index (χ3v) is 8.40. The number of halogens is 6. The zero-order valence-electron chi connectivity index (χ0n) is 20.9. The highest BCUT2D eigenvalue weighted by Gasteiger charge is 2.57. The van der Waals surface area contributed by atoms with Crippen LogP contribution in [0.15, 0.2) is 12.4 Å². The number of anilines is 1. The van der Waals surface area contributed by atoms with Crippen molar-refractivity contribution < 1.29 is 40.6 Å². The minimum absolute atomic E-state index is 0.0671. The van der Waals surface area contributed by atoms with E-state index < -0.39 is 35.8 Å². The van der Waals surface area contributed by atoms with Crippen LogP contribution in [0.4, 0.5) is 32.2 Å². The molecule has 2 bridgehead atoms. The van der Waals surface area contributed by atoms with Gasteiger partial charge in [0.2, 0.25) is 5.91 Å². The molecule has 1 aromatic heterocycles. The molecule has 1 aliphatic carbocycles. The Labute approximate surface area is 216 Å². The number of carbonyl (C=O) groups excluding carboxylic acids is 1. The predicted molar refractivity (Wildman–Crippen MR) is 122 cm³/mol. The Kier molecular flexibility index (Phi) is 7.27. The third-order valence-electron chi connectivity index (χ3n) is 8.40. The number of ether oxygens (including phenoxy) is 2. The van der Waals surface area contributed by atoms with Crippen LogP contribution in [0.25, 0.3) is 0 Å². The van der Waals surface area contributed by atoms with Gasteiger partial charge in [-0.25, -0.2) is 9.97 Å². The lowest BCUT2D eigenvalue weighted by molar-refractivity contribution is -0.174. The number of hydrogen-bond acceptors (Lipinski definition) is 7. The maximum absolute atomic E-state index is 13.8. The van der Waals surface area contributed by atoms with E-state index in [1.165, 1.54) is 4.90 Å². The summed E-state index contributed by atoms with van der Waals surface area (Å²) in [4.78, 5) is 24.3. The summed E-state index contributed by atoms with van der Waals surface area (Å²) in [6.45, 7) is 1.29. The number of fused-ring (bicyclic) bond motifs is 2. The molecule has 5 rings (SSSR count). The van der Waals surface area contributed by atoms with E-state index in [0.29, 0.717) is 32.5 Å². The van der Waals surface area contributed by atoms with E-state index in [4.69, 9.17) is 9.47 Å². The first-order valence-electron chi connectivity index (χ1n) is 12.8. The second-order valence-corrected chi connectivity index (χ2v) is 10.8. The average molecular weight is 552 g/mol. The largest absolute Gasteiger partial charge is 0.433 e. The topological polar surface area (TPSA) is 79.8 Å². The second-order valence-electron chi connectivity index (χ2n) is 10.8. The fraction of sp³-hybridized carbons (Fsp3) is 0.792. The van der Waals surface area contributed by atoms with E-state index in [-0.39, 0.29) is 62.0 Å². The zero-order chi connectivity index (χ0) is 27.3. The molecule has 8 nitrogen and oxygen atoms in total. The van der Waals surface area contributed by atoms with E-state index in [2.05, 4.69) is 15.3 Å². The first kappa shape index (κ1) is 27.4. The SMILES string of the molecule is CO[C@@H]1COCC[C@@H]1N[C@@H]1CC[C@](CC(F)(F)F)(C(=O)N2C[C@@H]3C[C@H]2CN3c2cc(C(F)(F)F)ncn2)C1. The fourth-order valence-corrected chi connectivity index (χ4v) is 6.68. The molecule has 1 amide bonds. The first-order chi connectivity index (χ1) is 17.9. The first-order valence-corrected chi connectivity index (χ1v) is 12.8. The lowest BCUT2D eigenvalue weighted by Crippen LogP contribution is -2.54. The highest BCUT2D eigenvalue weighted by Crippen LogP contribution is 2.49. The highest BCUT2D eigenvalue weighted by atomic mass is 19.4. The van der Waals surface area contributed by atoms with Gasteiger partial charge < -0.3 is 24.6 Å². The summed E-state index contributed by atoms with van der Waals surface area (Å²) in [6.07, 6.45) is -7.94. The van der Waals surface area contributed by atoms with Crippen molar-refractivity contribution >= 4 is 11.7 Å². The number of amides is 1. The quantitative estimate of drug-likeness (QED) is 0.545. The smallest absolute Gasteiger partial charge is 0.379 e. The monoisotopic (exact) mass is 551 g/mol. The third kappa shape index (κ3) is 5.44. The summed E-state index contributed by atoms with van der Waals surface area (Å²) in [5.41, 5.74) is -2.63. The van der Waals surface area contributed by atoms with Crippen LogP contribution in [0.2, 0.25) is 0 Å². The normalized spacial score (nSPS) is 33.8. The molecule has 4 heterocycles. The minimum atomic E-state index is -4.62. The number of nitrogens with zero attached hydrogens (tertiary/aromatic N) is 4. The molecular formula is C24H31F6N5O3. The number of methoxy groups -OCH3 is 1. The van der Waals surface area contributed by atoms with Crippen LogP contribution >= 0.6 is 0 Å².